The van der Waals surface area contributed by atoms with Crippen molar-refractivity contribution in [2.75, 3.05) is 25.9 Å². The maximum Gasteiger partial charge on any atom is 0.227 e. The highest BCUT2D eigenvalue weighted by atomic mass is 16.5. The van der Waals surface area contributed by atoms with Crippen molar-refractivity contribution in [3.05, 3.63) is 54.0 Å². The monoisotopic (exact) mass is 363 g/mol. The van der Waals surface area contributed by atoms with Crippen LogP contribution in [0.1, 0.15) is 23.6 Å². The number of benzene rings is 1. The van der Waals surface area contributed by atoms with Gasteiger partial charge >= 0.3 is 0 Å². The van der Waals surface area contributed by atoms with Gasteiger partial charge < -0.3 is 15.4 Å². The number of nitrogens with two attached hydrogens (primary N) is 1. The van der Waals surface area contributed by atoms with Gasteiger partial charge in [-0.1, -0.05) is 12.1 Å². The molecular weight excluding hydrogens is 342 g/mol. The first kappa shape index (κ1) is 17.2. The van der Waals surface area contributed by atoms with Crippen LogP contribution >= 0.6 is 0 Å². The molecule has 0 saturated carbocycles. The normalized spacial score (nSPS) is 16.6. The number of hydrogen-bond acceptors (Lipinski definition) is 6. The minimum atomic E-state index is 0.134. The molecule has 0 spiro atoms. The molecule has 27 heavy (non-hydrogen) atoms. The fourth-order valence-corrected chi connectivity index (χ4v) is 3.46. The van der Waals surface area contributed by atoms with Crippen molar-refractivity contribution in [3.63, 3.8) is 0 Å². The molecule has 3 aromatic rings. The molecule has 138 valence electrons. The molecule has 1 aromatic carbocycles. The van der Waals surface area contributed by atoms with E-state index in [0.29, 0.717) is 24.4 Å². The van der Waals surface area contributed by atoms with Gasteiger partial charge in [-0.3, -0.25) is 4.79 Å². The number of amides is 1. The molecule has 0 bridgehead atoms. The molecule has 7 nitrogen and oxygen atoms in total. The van der Waals surface area contributed by atoms with Crippen LogP contribution in [0.25, 0.3) is 11.0 Å². The van der Waals surface area contributed by atoms with Crippen molar-refractivity contribution in [3.8, 4) is 5.75 Å². The molecule has 0 aliphatic carbocycles. The summed E-state index contributed by atoms with van der Waals surface area (Å²) in [6.45, 7) is 1.42. The SMILES string of the molecule is COc1ccc(CC(=O)N2CCC(c3ccc4c(N)ncnc4n3)C2)cc1. The van der Waals surface area contributed by atoms with Crippen molar-refractivity contribution in [1.29, 1.82) is 0 Å². The Balaban J connectivity index is 1.44. The quantitative estimate of drug-likeness (QED) is 0.763. The lowest BCUT2D eigenvalue weighted by Gasteiger charge is -2.17. The van der Waals surface area contributed by atoms with Crippen molar-refractivity contribution in [2.45, 2.75) is 18.8 Å². The Labute approximate surface area is 157 Å². The van der Waals surface area contributed by atoms with Gasteiger partial charge in [0.05, 0.1) is 18.9 Å². The summed E-state index contributed by atoms with van der Waals surface area (Å²) in [5.41, 5.74) is 8.39. The molecule has 1 atom stereocenters. The van der Waals surface area contributed by atoms with Gasteiger partial charge in [0.15, 0.2) is 5.65 Å². The first-order valence-electron chi connectivity index (χ1n) is 8.92. The molecular formula is C20H21N5O2. The Morgan fingerprint density at radius 1 is 1.22 bits per heavy atom. The number of aromatic nitrogens is 3. The maximum absolute atomic E-state index is 12.6. The number of methoxy groups -OCH3 is 1. The summed E-state index contributed by atoms with van der Waals surface area (Å²) in [6.07, 6.45) is 2.72. The Bertz CT molecular complexity index is 974. The van der Waals surface area contributed by atoms with Gasteiger partial charge in [-0.05, 0) is 36.2 Å². The van der Waals surface area contributed by atoms with E-state index in [9.17, 15) is 4.79 Å². The molecule has 1 aliphatic rings. The van der Waals surface area contributed by atoms with E-state index in [0.717, 1.165) is 35.4 Å². The summed E-state index contributed by atoms with van der Waals surface area (Å²) in [6, 6.07) is 11.5. The predicted molar refractivity (Wildman–Crippen MR) is 102 cm³/mol. The van der Waals surface area contributed by atoms with Crippen molar-refractivity contribution < 1.29 is 9.53 Å². The van der Waals surface area contributed by atoms with Gasteiger partial charge in [-0.15, -0.1) is 0 Å². The number of fused-ring (bicyclic) bond motifs is 1. The third-order valence-electron chi connectivity index (χ3n) is 5.02. The van der Waals surface area contributed by atoms with Gasteiger partial charge in [0.2, 0.25) is 5.91 Å². The molecule has 2 aromatic heterocycles. The van der Waals surface area contributed by atoms with Crippen LogP contribution in [-0.4, -0.2) is 46.0 Å². The topological polar surface area (TPSA) is 94.2 Å². The molecule has 1 amide bonds. The van der Waals surface area contributed by atoms with Crippen LogP contribution in [-0.2, 0) is 11.2 Å². The van der Waals surface area contributed by atoms with Gasteiger partial charge in [0, 0.05) is 24.7 Å². The largest absolute Gasteiger partial charge is 0.497 e. The minimum Gasteiger partial charge on any atom is -0.497 e. The number of carbonyl (C=O) groups excluding carboxylic acids is 1. The van der Waals surface area contributed by atoms with E-state index in [1.165, 1.54) is 6.33 Å². The number of pyridine rings is 1. The zero-order valence-corrected chi connectivity index (χ0v) is 15.1. The predicted octanol–water partition coefficient (Wildman–Crippen LogP) is 2.17. The molecule has 1 aliphatic heterocycles. The van der Waals surface area contributed by atoms with Gasteiger partial charge in [-0.2, -0.15) is 0 Å². The number of anilines is 1. The van der Waals surface area contributed by atoms with E-state index in [-0.39, 0.29) is 11.8 Å². The van der Waals surface area contributed by atoms with E-state index in [4.69, 9.17) is 10.5 Å². The van der Waals surface area contributed by atoms with Gasteiger partial charge in [0.25, 0.3) is 0 Å². The first-order valence-corrected chi connectivity index (χ1v) is 8.92. The van der Waals surface area contributed by atoms with E-state index in [1.54, 1.807) is 7.11 Å². The Morgan fingerprint density at radius 2 is 2.04 bits per heavy atom. The third kappa shape index (κ3) is 3.53. The van der Waals surface area contributed by atoms with Crippen molar-refractivity contribution in [2.24, 2.45) is 0 Å². The molecule has 7 heteroatoms. The lowest BCUT2D eigenvalue weighted by Crippen LogP contribution is -2.29. The number of hydrogen-bond donors (Lipinski definition) is 1. The zero-order valence-electron chi connectivity index (χ0n) is 15.1. The van der Waals surface area contributed by atoms with Crippen molar-refractivity contribution in [1.82, 2.24) is 19.9 Å². The summed E-state index contributed by atoms with van der Waals surface area (Å²) in [5, 5.41) is 0.756. The number of nitrogens with zero attached hydrogens (tertiary/aromatic N) is 4. The first-order chi connectivity index (χ1) is 13.1. The summed E-state index contributed by atoms with van der Waals surface area (Å²) in [7, 11) is 1.63. The number of ether oxygens (including phenoxy) is 1. The van der Waals surface area contributed by atoms with Crippen LogP contribution in [0.3, 0.4) is 0 Å². The molecule has 1 saturated heterocycles. The average molecular weight is 363 g/mol. The maximum atomic E-state index is 12.6. The molecule has 0 radical (unpaired) electrons. The van der Waals surface area contributed by atoms with Gasteiger partial charge in [-0.25, -0.2) is 15.0 Å². The summed E-state index contributed by atoms with van der Waals surface area (Å²) in [4.78, 5) is 27.4. The lowest BCUT2D eigenvalue weighted by atomic mass is 10.0. The number of nitrogen functional groups attached to an aromatic ring is 1. The highest BCUT2D eigenvalue weighted by Crippen LogP contribution is 2.28. The van der Waals surface area contributed by atoms with E-state index < -0.39 is 0 Å². The number of carbonyl (C=O) groups is 1. The second-order valence-corrected chi connectivity index (χ2v) is 6.72. The van der Waals surface area contributed by atoms with Crippen LogP contribution in [0.15, 0.2) is 42.7 Å². The average Bonchev–Trinajstić information content (AvgIpc) is 3.19. The summed E-state index contributed by atoms with van der Waals surface area (Å²) >= 11 is 0. The minimum absolute atomic E-state index is 0.134. The fraction of sp³-hybridized carbons (Fsp3) is 0.300. The van der Waals surface area contributed by atoms with Crippen LogP contribution in [0.2, 0.25) is 0 Å². The van der Waals surface area contributed by atoms with E-state index in [1.807, 2.05) is 41.3 Å². The fourth-order valence-electron chi connectivity index (χ4n) is 3.46. The van der Waals surface area contributed by atoms with E-state index in [2.05, 4.69) is 15.0 Å². The van der Waals surface area contributed by atoms with Crippen LogP contribution in [0.4, 0.5) is 5.82 Å². The lowest BCUT2D eigenvalue weighted by molar-refractivity contribution is -0.129. The van der Waals surface area contributed by atoms with Crippen LogP contribution < -0.4 is 10.5 Å². The molecule has 3 heterocycles. The third-order valence-corrected chi connectivity index (χ3v) is 5.02. The molecule has 4 rings (SSSR count). The van der Waals surface area contributed by atoms with E-state index >= 15 is 0 Å². The Kier molecular flexibility index (Phi) is 4.58. The number of likely N-dealkylation sites (tertiary alicyclic amines) is 1. The summed E-state index contributed by atoms with van der Waals surface area (Å²) in [5.74, 6) is 1.57. The highest BCUT2D eigenvalue weighted by molar-refractivity contribution is 5.85. The second kappa shape index (κ2) is 7.19. The standard InChI is InChI=1S/C20H21N5O2/c1-27-15-4-2-13(3-5-15)10-18(26)25-9-8-14(11-25)17-7-6-16-19(21)22-12-23-20(16)24-17/h2-7,12,14H,8-11H2,1H3,(H2,21,22,23,24). The Morgan fingerprint density at radius 3 is 2.81 bits per heavy atom. The van der Waals surface area contributed by atoms with Crippen LogP contribution in [0.5, 0.6) is 5.75 Å². The molecule has 1 fully saturated rings. The zero-order chi connectivity index (χ0) is 18.8. The van der Waals surface area contributed by atoms with Crippen LogP contribution in [0, 0.1) is 0 Å². The second-order valence-electron chi connectivity index (χ2n) is 6.72. The van der Waals surface area contributed by atoms with Crippen molar-refractivity contribution >= 4 is 22.8 Å². The number of rotatable bonds is 4. The molecule has 2 N–H and O–H groups in total. The Hall–Kier alpha value is -3.22. The smallest absolute Gasteiger partial charge is 0.227 e. The highest BCUT2D eigenvalue weighted by Gasteiger charge is 2.28. The van der Waals surface area contributed by atoms with Gasteiger partial charge in [0.1, 0.15) is 17.9 Å². The summed E-state index contributed by atoms with van der Waals surface area (Å²) < 4.78 is 5.16. The molecule has 1 unspecified atom stereocenters.